The Hall–Kier alpha value is -1.11. The Morgan fingerprint density at radius 2 is 2.18 bits per heavy atom. The van der Waals surface area contributed by atoms with Crippen molar-refractivity contribution in [3.63, 3.8) is 0 Å². The number of anilines is 1. The summed E-state index contributed by atoms with van der Waals surface area (Å²) in [6.07, 6.45) is 0.548. The molecule has 0 saturated heterocycles. The summed E-state index contributed by atoms with van der Waals surface area (Å²) >= 11 is 0. The Morgan fingerprint density at radius 3 is 2.71 bits per heavy atom. The molecule has 0 saturated carbocycles. The summed E-state index contributed by atoms with van der Waals surface area (Å²) in [6, 6.07) is 6.31. The van der Waals surface area contributed by atoms with Gasteiger partial charge in [0.15, 0.2) is 0 Å². The van der Waals surface area contributed by atoms with Crippen molar-refractivity contribution in [1.29, 1.82) is 0 Å². The van der Waals surface area contributed by atoms with Gasteiger partial charge in [0.2, 0.25) is 10.0 Å². The molecule has 0 aliphatic rings. The average Bonchev–Trinajstić information content (AvgIpc) is 2.25. The number of aliphatic hydroxyl groups is 1. The van der Waals surface area contributed by atoms with Gasteiger partial charge >= 0.3 is 0 Å². The highest BCUT2D eigenvalue weighted by atomic mass is 32.2. The van der Waals surface area contributed by atoms with Crippen LogP contribution in [0.25, 0.3) is 0 Å². The Bertz CT molecular complexity index is 456. The van der Waals surface area contributed by atoms with E-state index in [-0.39, 0.29) is 12.4 Å². The average molecular weight is 258 g/mol. The highest BCUT2D eigenvalue weighted by Crippen LogP contribution is 2.10. The van der Waals surface area contributed by atoms with Gasteiger partial charge in [-0.2, -0.15) is 0 Å². The second-order valence-electron chi connectivity index (χ2n) is 3.91. The molecule has 1 atom stereocenters. The minimum atomic E-state index is -3.44. The molecule has 1 rings (SSSR count). The number of benzene rings is 1. The molecular formula is C11H18N2O3S. The molecule has 1 aromatic rings. The predicted octanol–water partition coefficient (Wildman–Crippen LogP) is 0.459. The van der Waals surface area contributed by atoms with E-state index >= 15 is 0 Å². The van der Waals surface area contributed by atoms with E-state index < -0.39 is 16.1 Å². The van der Waals surface area contributed by atoms with Crippen LogP contribution in [-0.4, -0.2) is 26.2 Å². The maximum absolute atomic E-state index is 11.8. The molecule has 4 N–H and O–H groups in total. The van der Waals surface area contributed by atoms with Crippen molar-refractivity contribution < 1.29 is 13.5 Å². The van der Waals surface area contributed by atoms with Crippen molar-refractivity contribution in [2.45, 2.75) is 25.1 Å². The van der Waals surface area contributed by atoms with Crippen LogP contribution in [0, 0.1) is 0 Å². The first kappa shape index (κ1) is 14.0. The smallest absolute Gasteiger partial charge is 0.216 e. The van der Waals surface area contributed by atoms with Crippen molar-refractivity contribution in [2.75, 3.05) is 12.3 Å². The van der Waals surface area contributed by atoms with Gasteiger partial charge in [0.1, 0.15) is 0 Å². The van der Waals surface area contributed by atoms with Crippen molar-refractivity contribution in [2.24, 2.45) is 0 Å². The van der Waals surface area contributed by atoms with E-state index in [1.807, 2.05) is 6.92 Å². The number of sulfonamides is 1. The van der Waals surface area contributed by atoms with Crippen LogP contribution in [0.2, 0.25) is 0 Å². The largest absolute Gasteiger partial charge is 0.399 e. The zero-order valence-electron chi connectivity index (χ0n) is 9.76. The van der Waals surface area contributed by atoms with Crippen molar-refractivity contribution >= 4 is 15.7 Å². The Labute approximate surface area is 102 Å². The number of nitrogen functional groups attached to an aromatic ring is 1. The first-order valence-electron chi connectivity index (χ1n) is 5.42. The van der Waals surface area contributed by atoms with Gasteiger partial charge in [0.25, 0.3) is 0 Å². The minimum Gasteiger partial charge on any atom is -0.399 e. The highest BCUT2D eigenvalue weighted by molar-refractivity contribution is 7.88. The molecular weight excluding hydrogens is 240 g/mol. The predicted molar refractivity (Wildman–Crippen MR) is 67.8 cm³/mol. The molecule has 96 valence electrons. The van der Waals surface area contributed by atoms with E-state index in [0.717, 1.165) is 0 Å². The lowest BCUT2D eigenvalue weighted by Gasteiger charge is -2.14. The van der Waals surface area contributed by atoms with Crippen molar-refractivity contribution in [1.82, 2.24) is 4.72 Å². The van der Waals surface area contributed by atoms with Crippen LogP contribution in [0.5, 0.6) is 0 Å². The summed E-state index contributed by atoms with van der Waals surface area (Å²) in [7, 11) is -3.44. The summed E-state index contributed by atoms with van der Waals surface area (Å²) in [4.78, 5) is 0. The van der Waals surface area contributed by atoms with Gasteiger partial charge in [-0.1, -0.05) is 19.1 Å². The first-order valence-corrected chi connectivity index (χ1v) is 7.07. The fraction of sp³-hybridized carbons (Fsp3) is 0.455. The molecule has 0 unspecified atom stereocenters. The molecule has 0 aromatic heterocycles. The number of nitrogens with one attached hydrogen (secondary N) is 1. The van der Waals surface area contributed by atoms with Crippen LogP contribution in [0.1, 0.15) is 18.9 Å². The Morgan fingerprint density at radius 1 is 1.47 bits per heavy atom. The Kier molecular flexibility index (Phi) is 4.92. The van der Waals surface area contributed by atoms with Gasteiger partial charge in [-0.3, -0.25) is 0 Å². The summed E-state index contributed by atoms with van der Waals surface area (Å²) in [6.45, 7) is 1.61. The standard InChI is InChI=1S/C11H18N2O3S/c1-2-11(7-14)13-17(15,16)8-9-4-3-5-10(12)6-9/h3-6,11,13-14H,2,7-8,12H2,1H3/t11-/m1/s1. The van der Waals surface area contributed by atoms with E-state index in [2.05, 4.69) is 4.72 Å². The SMILES string of the molecule is CC[C@H](CO)NS(=O)(=O)Cc1cccc(N)c1. The fourth-order valence-electron chi connectivity index (χ4n) is 1.45. The van der Waals surface area contributed by atoms with Crippen LogP contribution in [-0.2, 0) is 15.8 Å². The van der Waals surface area contributed by atoms with Crippen LogP contribution in [0.15, 0.2) is 24.3 Å². The summed E-state index contributed by atoms with van der Waals surface area (Å²) in [5, 5.41) is 8.95. The van der Waals surface area contributed by atoms with Gasteiger partial charge in [0, 0.05) is 11.7 Å². The second-order valence-corrected chi connectivity index (χ2v) is 5.66. The molecule has 0 fully saturated rings. The molecule has 6 heteroatoms. The topological polar surface area (TPSA) is 92.4 Å². The van der Waals surface area contributed by atoms with Crippen LogP contribution < -0.4 is 10.5 Å². The lowest BCUT2D eigenvalue weighted by atomic mass is 10.2. The van der Waals surface area contributed by atoms with Gasteiger partial charge in [0.05, 0.1) is 12.4 Å². The zero-order valence-corrected chi connectivity index (χ0v) is 10.6. The zero-order chi connectivity index (χ0) is 12.9. The fourth-order valence-corrected chi connectivity index (χ4v) is 2.90. The molecule has 0 aliphatic carbocycles. The maximum atomic E-state index is 11.8. The molecule has 0 bridgehead atoms. The quantitative estimate of drug-likeness (QED) is 0.646. The lowest BCUT2D eigenvalue weighted by molar-refractivity contribution is 0.254. The maximum Gasteiger partial charge on any atom is 0.216 e. The first-order chi connectivity index (χ1) is 7.96. The van der Waals surface area contributed by atoms with E-state index in [9.17, 15) is 8.42 Å². The van der Waals surface area contributed by atoms with Gasteiger partial charge in [-0.25, -0.2) is 13.1 Å². The van der Waals surface area contributed by atoms with Gasteiger partial charge in [-0.15, -0.1) is 0 Å². The number of hydrogen-bond donors (Lipinski definition) is 3. The molecule has 0 heterocycles. The summed E-state index contributed by atoms with van der Waals surface area (Å²) in [5.74, 6) is -0.130. The summed E-state index contributed by atoms with van der Waals surface area (Å²) in [5.41, 5.74) is 6.74. The van der Waals surface area contributed by atoms with Crippen molar-refractivity contribution in [3.05, 3.63) is 29.8 Å². The molecule has 1 aromatic carbocycles. The second kappa shape index (κ2) is 6.00. The molecule has 0 amide bonds. The van der Waals surface area contributed by atoms with Gasteiger partial charge in [-0.05, 0) is 24.1 Å². The van der Waals surface area contributed by atoms with Gasteiger partial charge < -0.3 is 10.8 Å². The van der Waals surface area contributed by atoms with E-state index in [1.165, 1.54) is 0 Å². The number of aliphatic hydroxyl groups excluding tert-OH is 1. The molecule has 0 radical (unpaired) electrons. The minimum absolute atomic E-state index is 0.130. The molecule has 17 heavy (non-hydrogen) atoms. The van der Waals surface area contributed by atoms with Crippen LogP contribution >= 0.6 is 0 Å². The van der Waals surface area contributed by atoms with E-state index in [1.54, 1.807) is 24.3 Å². The third-order valence-corrected chi connectivity index (χ3v) is 3.77. The third kappa shape index (κ3) is 4.72. The Balaban J connectivity index is 2.73. The van der Waals surface area contributed by atoms with Crippen LogP contribution in [0.4, 0.5) is 5.69 Å². The normalized spacial score (nSPS) is 13.5. The van der Waals surface area contributed by atoms with Crippen molar-refractivity contribution in [3.8, 4) is 0 Å². The summed E-state index contributed by atoms with van der Waals surface area (Å²) < 4.78 is 26.0. The lowest BCUT2D eigenvalue weighted by Crippen LogP contribution is -2.37. The monoisotopic (exact) mass is 258 g/mol. The third-order valence-electron chi connectivity index (χ3n) is 2.37. The number of rotatable bonds is 6. The van der Waals surface area contributed by atoms with E-state index in [0.29, 0.717) is 17.7 Å². The number of hydrogen-bond acceptors (Lipinski definition) is 4. The molecule has 5 nitrogen and oxygen atoms in total. The van der Waals surface area contributed by atoms with Crippen LogP contribution in [0.3, 0.4) is 0 Å². The highest BCUT2D eigenvalue weighted by Gasteiger charge is 2.16. The van der Waals surface area contributed by atoms with E-state index in [4.69, 9.17) is 10.8 Å². The molecule has 0 aliphatic heterocycles. The molecule has 0 spiro atoms. The number of nitrogens with two attached hydrogens (primary N) is 1.